The molecule has 2 N–H and O–H groups in total. The molecule has 5 heteroatoms. The maximum absolute atomic E-state index is 13.3. The molecule has 0 aliphatic rings. The number of hydrogen-bond acceptors (Lipinski definition) is 2. The van der Waals surface area contributed by atoms with Crippen LogP contribution in [-0.2, 0) is 13.2 Å². The minimum absolute atomic E-state index is 0.287. The van der Waals surface area contributed by atoms with E-state index < -0.39 is 0 Å². The highest BCUT2D eigenvalue weighted by molar-refractivity contribution is 5.79. The Hall–Kier alpha value is -1.62. The molecule has 112 valence electrons. The Morgan fingerprint density at radius 2 is 2.20 bits per heavy atom. The summed E-state index contributed by atoms with van der Waals surface area (Å²) >= 11 is 0. The van der Waals surface area contributed by atoms with E-state index in [0.717, 1.165) is 30.9 Å². The van der Waals surface area contributed by atoms with Crippen molar-refractivity contribution < 1.29 is 9.50 Å². The number of guanidine groups is 1. The van der Waals surface area contributed by atoms with Crippen LogP contribution in [0.15, 0.2) is 23.2 Å². The van der Waals surface area contributed by atoms with Crippen LogP contribution in [-0.4, -0.2) is 36.6 Å². The van der Waals surface area contributed by atoms with Gasteiger partial charge in [0.15, 0.2) is 5.96 Å². The third-order valence-corrected chi connectivity index (χ3v) is 3.15. The number of rotatable bonds is 6. The summed E-state index contributed by atoms with van der Waals surface area (Å²) in [6.07, 6.45) is 2.25. The first-order valence-corrected chi connectivity index (χ1v) is 6.92. The minimum atomic E-state index is -0.374. The first kappa shape index (κ1) is 16.4. The fraction of sp³-hybridized carbons (Fsp3) is 0.533. The van der Waals surface area contributed by atoms with Gasteiger partial charge in [0.1, 0.15) is 5.82 Å². The number of unbranched alkanes of at least 4 members (excludes halogenated alkanes) is 1. The molecule has 0 heterocycles. The molecule has 0 fully saturated rings. The predicted octanol–water partition coefficient (Wildman–Crippen LogP) is 2.13. The number of hydrogen-bond donors (Lipinski definition) is 2. The smallest absolute Gasteiger partial charge is 0.193 e. The highest BCUT2D eigenvalue weighted by atomic mass is 19.1. The van der Waals surface area contributed by atoms with Crippen molar-refractivity contribution in [2.75, 3.05) is 20.6 Å². The maximum atomic E-state index is 13.3. The average Bonchev–Trinajstić information content (AvgIpc) is 2.47. The molecule has 0 unspecified atom stereocenters. The molecule has 0 aromatic heterocycles. The van der Waals surface area contributed by atoms with Gasteiger partial charge in [0, 0.05) is 32.7 Å². The zero-order valence-electron chi connectivity index (χ0n) is 12.5. The fourth-order valence-corrected chi connectivity index (χ4v) is 1.93. The summed E-state index contributed by atoms with van der Waals surface area (Å²) in [5, 5.41) is 12.3. The van der Waals surface area contributed by atoms with E-state index in [1.54, 1.807) is 19.2 Å². The van der Waals surface area contributed by atoms with E-state index in [1.807, 2.05) is 7.05 Å². The predicted molar refractivity (Wildman–Crippen MR) is 80.1 cm³/mol. The molecule has 4 nitrogen and oxygen atoms in total. The largest absolute Gasteiger partial charge is 0.392 e. The summed E-state index contributed by atoms with van der Waals surface area (Å²) in [6.45, 7) is 3.36. The first-order chi connectivity index (χ1) is 9.62. The van der Waals surface area contributed by atoms with Crippen molar-refractivity contribution in [1.29, 1.82) is 0 Å². The molecule has 1 aromatic rings. The zero-order valence-corrected chi connectivity index (χ0v) is 12.5. The second-order valence-electron chi connectivity index (χ2n) is 4.76. The molecule has 20 heavy (non-hydrogen) atoms. The summed E-state index contributed by atoms with van der Waals surface area (Å²) in [7, 11) is 3.74. The molecule has 0 radical (unpaired) electrons. The summed E-state index contributed by atoms with van der Waals surface area (Å²) in [4.78, 5) is 6.29. The second kappa shape index (κ2) is 8.53. The van der Waals surface area contributed by atoms with E-state index in [9.17, 15) is 4.39 Å². The average molecular weight is 281 g/mol. The Bertz CT molecular complexity index is 449. The van der Waals surface area contributed by atoms with Gasteiger partial charge in [0.05, 0.1) is 6.61 Å². The maximum Gasteiger partial charge on any atom is 0.193 e. The summed E-state index contributed by atoms with van der Waals surface area (Å²) in [6, 6.07) is 4.76. The number of benzene rings is 1. The van der Waals surface area contributed by atoms with Crippen molar-refractivity contribution >= 4 is 5.96 Å². The van der Waals surface area contributed by atoms with Crippen molar-refractivity contribution in [3.63, 3.8) is 0 Å². The molecule has 1 rings (SSSR count). The normalized spacial score (nSPS) is 11.6. The topological polar surface area (TPSA) is 47.9 Å². The lowest BCUT2D eigenvalue weighted by atomic mass is 10.1. The highest BCUT2D eigenvalue weighted by Crippen LogP contribution is 2.10. The minimum Gasteiger partial charge on any atom is -0.392 e. The Balaban J connectivity index is 2.60. The molecule has 0 saturated heterocycles. The van der Waals surface area contributed by atoms with Crippen LogP contribution in [0.3, 0.4) is 0 Å². The number of aliphatic hydroxyl groups is 1. The SMILES string of the molecule is CCCCN(C)C(=NC)NCc1ccc(F)c(CO)c1. The van der Waals surface area contributed by atoms with Crippen LogP contribution < -0.4 is 5.32 Å². The third-order valence-electron chi connectivity index (χ3n) is 3.15. The van der Waals surface area contributed by atoms with Gasteiger partial charge in [-0.2, -0.15) is 0 Å². The van der Waals surface area contributed by atoms with Crippen LogP contribution in [0.2, 0.25) is 0 Å². The molecule has 0 amide bonds. The van der Waals surface area contributed by atoms with Crippen molar-refractivity contribution in [3.8, 4) is 0 Å². The van der Waals surface area contributed by atoms with Crippen molar-refractivity contribution in [3.05, 3.63) is 35.1 Å². The molecule has 0 saturated carbocycles. The first-order valence-electron chi connectivity index (χ1n) is 6.92. The van der Waals surface area contributed by atoms with Crippen LogP contribution in [0, 0.1) is 5.82 Å². The lowest BCUT2D eigenvalue weighted by molar-refractivity contribution is 0.275. The Morgan fingerprint density at radius 1 is 1.45 bits per heavy atom. The Morgan fingerprint density at radius 3 is 2.80 bits per heavy atom. The van der Waals surface area contributed by atoms with Crippen LogP contribution in [0.25, 0.3) is 0 Å². The monoisotopic (exact) mass is 281 g/mol. The highest BCUT2D eigenvalue weighted by Gasteiger charge is 2.06. The number of nitrogens with zero attached hydrogens (tertiary/aromatic N) is 2. The van der Waals surface area contributed by atoms with Gasteiger partial charge in [-0.05, 0) is 24.1 Å². The van der Waals surface area contributed by atoms with Crippen LogP contribution in [0.4, 0.5) is 4.39 Å². The van der Waals surface area contributed by atoms with Crippen LogP contribution >= 0.6 is 0 Å². The van der Waals surface area contributed by atoms with Gasteiger partial charge in [-0.1, -0.05) is 19.4 Å². The van der Waals surface area contributed by atoms with Gasteiger partial charge in [-0.3, -0.25) is 4.99 Å². The van der Waals surface area contributed by atoms with Gasteiger partial charge in [0.2, 0.25) is 0 Å². The van der Waals surface area contributed by atoms with Gasteiger partial charge < -0.3 is 15.3 Å². The molecule has 0 atom stereocenters. The van der Waals surface area contributed by atoms with E-state index in [1.165, 1.54) is 6.07 Å². The standard InChI is InChI=1S/C15H24FN3O/c1-4-5-8-19(3)15(17-2)18-10-12-6-7-14(16)13(9-12)11-20/h6-7,9,20H,4-5,8,10-11H2,1-3H3,(H,17,18). The zero-order chi connectivity index (χ0) is 15.0. The fourth-order valence-electron chi connectivity index (χ4n) is 1.93. The van der Waals surface area contributed by atoms with Crippen LogP contribution in [0.5, 0.6) is 0 Å². The number of nitrogens with one attached hydrogen (secondary N) is 1. The number of halogens is 1. The molecule has 0 aliphatic carbocycles. The van der Waals surface area contributed by atoms with Crippen molar-refractivity contribution in [1.82, 2.24) is 10.2 Å². The van der Waals surface area contributed by atoms with Gasteiger partial charge in [-0.25, -0.2) is 4.39 Å². The van der Waals surface area contributed by atoms with Gasteiger partial charge in [-0.15, -0.1) is 0 Å². The quantitative estimate of drug-likeness (QED) is 0.620. The lowest BCUT2D eigenvalue weighted by Crippen LogP contribution is -2.38. The van der Waals surface area contributed by atoms with Crippen molar-refractivity contribution in [2.24, 2.45) is 4.99 Å². The number of aliphatic imine (C=N–C) groups is 1. The van der Waals surface area contributed by atoms with Crippen molar-refractivity contribution in [2.45, 2.75) is 32.9 Å². The van der Waals surface area contributed by atoms with E-state index in [4.69, 9.17) is 5.11 Å². The summed E-state index contributed by atoms with van der Waals surface area (Å²) in [5.41, 5.74) is 1.24. The molecule has 0 aliphatic heterocycles. The summed E-state index contributed by atoms with van der Waals surface area (Å²) < 4.78 is 13.3. The third kappa shape index (κ3) is 4.81. The number of aliphatic hydroxyl groups excluding tert-OH is 1. The summed E-state index contributed by atoms with van der Waals surface area (Å²) in [5.74, 6) is 0.439. The molecule has 0 spiro atoms. The molecule has 0 bridgehead atoms. The van der Waals surface area contributed by atoms with E-state index >= 15 is 0 Å². The molecule has 1 aromatic carbocycles. The molecular formula is C15H24FN3O. The van der Waals surface area contributed by atoms with E-state index in [2.05, 4.69) is 22.1 Å². The van der Waals surface area contributed by atoms with E-state index in [-0.39, 0.29) is 12.4 Å². The van der Waals surface area contributed by atoms with E-state index in [0.29, 0.717) is 12.1 Å². The van der Waals surface area contributed by atoms with Crippen LogP contribution in [0.1, 0.15) is 30.9 Å². The Kier molecular flexibility index (Phi) is 7.01. The van der Waals surface area contributed by atoms with Gasteiger partial charge in [0.25, 0.3) is 0 Å². The molecular weight excluding hydrogens is 257 g/mol. The Labute approximate surface area is 120 Å². The van der Waals surface area contributed by atoms with Gasteiger partial charge >= 0.3 is 0 Å². The lowest BCUT2D eigenvalue weighted by Gasteiger charge is -2.22. The second-order valence-corrected chi connectivity index (χ2v) is 4.76.